The summed E-state index contributed by atoms with van der Waals surface area (Å²) in [6, 6.07) is 20.9. The van der Waals surface area contributed by atoms with Crippen molar-refractivity contribution in [2.45, 2.75) is 0 Å². The van der Waals surface area contributed by atoms with Gasteiger partial charge in [-0.05, 0) is 42.0 Å². The molecule has 3 aromatic carbocycles. The molecule has 0 bridgehead atoms. The van der Waals surface area contributed by atoms with Crippen LogP contribution in [0.3, 0.4) is 0 Å². The Morgan fingerprint density at radius 3 is 1.69 bits per heavy atom. The minimum absolute atomic E-state index is 0.0221. The van der Waals surface area contributed by atoms with Crippen LogP contribution in [-0.4, -0.2) is 31.0 Å². The van der Waals surface area contributed by atoms with E-state index in [2.05, 4.69) is 36.1 Å². The molecule has 0 aliphatic rings. The van der Waals surface area contributed by atoms with Crippen molar-refractivity contribution in [1.29, 1.82) is 0 Å². The van der Waals surface area contributed by atoms with Gasteiger partial charge in [-0.15, -0.1) is 0 Å². The molecule has 0 saturated carbocycles. The maximum Gasteiger partial charge on any atom is 0.269 e. The molecule has 0 spiro atoms. The lowest BCUT2D eigenvalue weighted by atomic mass is 10.2. The summed E-state index contributed by atoms with van der Waals surface area (Å²) in [6.07, 6.45) is 1.46. The molecule has 35 heavy (non-hydrogen) atoms. The zero-order valence-corrected chi connectivity index (χ0v) is 17.9. The largest absolute Gasteiger partial charge is 0.324 e. The van der Waals surface area contributed by atoms with Gasteiger partial charge < -0.3 is 10.6 Å². The highest BCUT2D eigenvalue weighted by Gasteiger charge is 2.09. The van der Waals surface area contributed by atoms with E-state index >= 15 is 0 Å². The molecule has 13 heteroatoms. The summed E-state index contributed by atoms with van der Waals surface area (Å²) in [4.78, 5) is 33.6. The van der Waals surface area contributed by atoms with Gasteiger partial charge in [0.1, 0.15) is 0 Å². The third-order valence-corrected chi connectivity index (χ3v) is 4.48. The normalized spacial score (nSPS) is 10.6. The molecule has 0 aliphatic carbocycles. The van der Waals surface area contributed by atoms with Gasteiger partial charge >= 0.3 is 0 Å². The maximum atomic E-state index is 10.9. The fourth-order valence-electron chi connectivity index (χ4n) is 2.83. The molecule has 13 nitrogen and oxygen atoms in total. The quantitative estimate of drug-likeness (QED) is 0.177. The van der Waals surface area contributed by atoms with Crippen LogP contribution in [0.4, 0.5) is 40.6 Å². The average Bonchev–Trinajstić information content (AvgIpc) is 2.85. The number of rotatable bonds is 9. The summed E-state index contributed by atoms with van der Waals surface area (Å²) < 4.78 is 0. The molecule has 0 atom stereocenters. The molecule has 1 heterocycles. The molecule has 0 radical (unpaired) electrons. The molecule has 0 aliphatic heterocycles. The summed E-state index contributed by atoms with van der Waals surface area (Å²) in [5.41, 5.74) is 4.56. The first kappa shape index (κ1) is 22.7. The third-order valence-electron chi connectivity index (χ3n) is 4.48. The number of nitro groups is 2. The van der Waals surface area contributed by atoms with Crippen LogP contribution in [-0.2, 0) is 0 Å². The van der Waals surface area contributed by atoms with Crippen LogP contribution < -0.4 is 16.1 Å². The van der Waals surface area contributed by atoms with Crippen LogP contribution in [0.25, 0.3) is 0 Å². The third kappa shape index (κ3) is 6.29. The number of hydrazone groups is 1. The van der Waals surface area contributed by atoms with E-state index in [1.165, 1.54) is 42.6 Å². The second-order valence-electron chi connectivity index (χ2n) is 6.94. The van der Waals surface area contributed by atoms with Crippen LogP contribution >= 0.6 is 0 Å². The number of hydrogen-bond acceptors (Lipinski definition) is 11. The van der Waals surface area contributed by atoms with Gasteiger partial charge in [0.05, 0.1) is 16.1 Å². The second-order valence-corrected chi connectivity index (χ2v) is 6.94. The van der Waals surface area contributed by atoms with Crippen molar-refractivity contribution < 1.29 is 9.85 Å². The van der Waals surface area contributed by atoms with Gasteiger partial charge in [0.2, 0.25) is 17.8 Å². The number of non-ortho nitro benzene ring substituents is 2. The van der Waals surface area contributed by atoms with Crippen LogP contribution in [0.15, 0.2) is 84.0 Å². The van der Waals surface area contributed by atoms with E-state index in [0.717, 1.165) is 5.69 Å². The summed E-state index contributed by atoms with van der Waals surface area (Å²) in [7, 11) is 0. The number of nitro benzene ring substituents is 2. The Hall–Kier alpha value is -5.46. The van der Waals surface area contributed by atoms with Crippen molar-refractivity contribution in [2.24, 2.45) is 5.10 Å². The second kappa shape index (κ2) is 10.4. The van der Waals surface area contributed by atoms with Crippen molar-refractivity contribution in [1.82, 2.24) is 15.0 Å². The molecule has 0 fully saturated rings. The Kier molecular flexibility index (Phi) is 6.78. The Balaban J connectivity index is 1.55. The van der Waals surface area contributed by atoms with Crippen LogP contribution in [0.5, 0.6) is 0 Å². The van der Waals surface area contributed by atoms with E-state index in [-0.39, 0.29) is 29.2 Å². The lowest BCUT2D eigenvalue weighted by Crippen LogP contribution is -2.07. The summed E-state index contributed by atoms with van der Waals surface area (Å²) >= 11 is 0. The van der Waals surface area contributed by atoms with Gasteiger partial charge in [-0.2, -0.15) is 20.1 Å². The molecule has 3 N–H and O–H groups in total. The van der Waals surface area contributed by atoms with Crippen LogP contribution in [0, 0.1) is 20.2 Å². The van der Waals surface area contributed by atoms with Crippen LogP contribution in [0.1, 0.15) is 5.56 Å². The smallest absolute Gasteiger partial charge is 0.269 e. The molecule has 0 unspecified atom stereocenters. The Labute approximate surface area is 197 Å². The number of nitrogens with one attached hydrogen (secondary N) is 3. The Morgan fingerprint density at radius 1 is 0.657 bits per heavy atom. The van der Waals surface area contributed by atoms with Crippen molar-refractivity contribution in [2.75, 3.05) is 16.1 Å². The maximum absolute atomic E-state index is 10.9. The average molecular weight is 471 g/mol. The van der Waals surface area contributed by atoms with Gasteiger partial charge in [0.15, 0.2) is 0 Å². The van der Waals surface area contributed by atoms with Gasteiger partial charge in [-0.1, -0.05) is 18.2 Å². The monoisotopic (exact) mass is 471 g/mol. The number of hydrogen-bond donors (Lipinski definition) is 3. The first-order valence-corrected chi connectivity index (χ1v) is 10.1. The fraction of sp³-hybridized carbons (Fsp3) is 0. The molecule has 4 rings (SSSR count). The highest BCUT2D eigenvalue weighted by atomic mass is 16.6. The standard InChI is InChI=1S/C22H17N9O4/c32-30(33)18-10-6-15(7-11-18)14-23-29-22-27-20(24-16-4-2-1-3-5-16)26-21(28-22)25-17-8-12-19(13-9-17)31(34)35/h1-14H,(H3,24,25,26,27,28,29)/b23-14+. The molecule has 0 amide bonds. The Bertz CT molecular complexity index is 1360. The van der Waals surface area contributed by atoms with Crippen LogP contribution in [0.2, 0.25) is 0 Å². The molecular weight excluding hydrogens is 454 g/mol. The van der Waals surface area contributed by atoms with E-state index in [4.69, 9.17) is 0 Å². The van der Waals surface area contributed by atoms with Crippen molar-refractivity contribution >= 4 is 46.8 Å². The molecule has 0 saturated heterocycles. The summed E-state index contributed by atoms with van der Waals surface area (Å²) in [5.74, 6) is 0.505. The first-order chi connectivity index (χ1) is 17.0. The van der Waals surface area contributed by atoms with Gasteiger partial charge in [0, 0.05) is 35.6 Å². The van der Waals surface area contributed by atoms with Crippen molar-refractivity contribution in [3.8, 4) is 0 Å². The topological polar surface area (TPSA) is 173 Å². The minimum atomic E-state index is -0.487. The highest BCUT2D eigenvalue weighted by molar-refractivity contribution is 5.80. The van der Waals surface area contributed by atoms with Gasteiger partial charge in [-0.3, -0.25) is 20.2 Å². The zero-order valence-electron chi connectivity index (χ0n) is 17.9. The fourth-order valence-corrected chi connectivity index (χ4v) is 2.83. The van der Waals surface area contributed by atoms with Crippen molar-refractivity contribution in [3.63, 3.8) is 0 Å². The van der Waals surface area contributed by atoms with E-state index in [1.54, 1.807) is 12.1 Å². The highest BCUT2D eigenvalue weighted by Crippen LogP contribution is 2.21. The summed E-state index contributed by atoms with van der Waals surface area (Å²) in [6.45, 7) is 0. The SMILES string of the molecule is O=[N+]([O-])c1ccc(/C=N/Nc2nc(Nc3ccccc3)nc(Nc3ccc([N+](=O)[O-])cc3)n2)cc1. The number of anilines is 5. The number of benzene rings is 3. The molecule has 4 aromatic rings. The zero-order chi connectivity index (χ0) is 24.6. The van der Waals surface area contributed by atoms with E-state index < -0.39 is 9.85 Å². The van der Waals surface area contributed by atoms with Gasteiger partial charge in [-0.25, -0.2) is 5.43 Å². The predicted molar refractivity (Wildman–Crippen MR) is 130 cm³/mol. The number of nitrogens with zero attached hydrogens (tertiary/aromatic N) is 6. The molecular formula is C22H17N9O4. The lowest BCUT2D eigenvalue weighted by Gasteiger charge is -2.10. The van der Waals surface area contributed by atoms with E-state index in [9.17, 15) is 20.2 Å². The van der Waals surface area contributed by atoms with Gasteiger partial charge in [0.25, 0.3) is 11.4 Å². The molecule has 174 valence electrons. The lowest BCUT2D eigenvalue weighted by molar-refractivity contribution is -0.385. The number of para-hydroxylation sites is 1. The minimum Gasteiger partial charge on any atom is -0.324 e. The molecule has 1 aromatic heterocycles. The summed E-state index contributed by atoms with van der Waals surface area (Å²) in [5, 5.41) is 31.8. The first-order valence-electron chi connectivity index (χ1n) is 10.1. The van der Waals surface area contributed by atoms with E-state index in [0.29, 0.717) is 11.3 Å². The van der Waals surface area contributed by atoms with Crippen molar-refractivity contribution in [3.05, 3.63) is 105 Å². The predicted octanol–water partition coefficient (Wildman–Crippen LogP) is 4.62. The number of aromatic nitrogens is 3. The van der Waals surface area contributed by atoms with E-state index in [1.807, 2.05) is 30.3 Å². The Morgan fingerprint density at radius 2 is 1.14 bits per heavy atom.